The quantitative estimate of drug-likeness (QED) is 0.889. The first-order valence-electron chi connectivity index (χ1n) is 6.60. The second kappa shape index (κ2) is 5.74. The number of nitrogens with one attached hydrogen (secondary N) is 1. The molecule has 106 valence electrons. The molecule has 1 saturated heterocycles. The van der Waals surface area contributed by atoms with Crippen molar-refractivity contribution in [3.63, 3.8) is 0 Å². The molecule has 7 heteroatoms. The maximum absolute atomic E-state index is 6.01. The van der Waals surface area contributed by atoms with Crippen molar-refractivity contribution in [1.82, 2.24) is 19.3 Å². The molecular formula is C13H18N6S. The second-order valence-electron chi connectivity index (χ2n) is 4.91. The van der Waals surface area contributed by atoms with Gasteiger partial charge in [-0.3, -0.25) is 4.98 Å². The molecule has 1 fully saturated rings. The van der Waals surface area contributed by atoms with E-state index in [2.05, 4.69) is 31.7 Å². The SMILES string of the molecule is CN1CCN(Nc2snc(N)c2-c2ccncc2)CC1. The minimum absolute atomic E-state index is 0.567. The van der Waals surface area contributed by atoms with Crippen LogP contribution >= 0.6 is 11.5 Å². The Morgan fingerprint density at radius 1 is 1.20 bits per heavy atom. The summed E-state index contributed by atoms with van der Waals surface area (Å²) in [5.74, 6) is 0.567. The van der Waals surface area contributed by atoms with Crippen molar-refractivity contribution in [1.29, 1.82) is 0 Å². The number of nitrogens with zero attached hydrogens (tertiary/aromatic N) is 4. The minimum Gasteiger partial charge on any atom is -0.382 e. The number of hydrogen-bond acceptors (Lipinski definition) is 7. The lowest BCUT2D eigenvalue weighted by molar-refractivity contribution is 0.179. The smallest absolute Gasteiger partial charge is 0.147 e. The van der Waals surface area contributed by atoms with E-state index in [1.54, 1.807) is 12.4 Å². The van der Waals surface area contributed by atoms with Crippen LogP contribution in [0.15, 0.2) is 24.5 Å². The van der Waals surface area contributed by atoms with Gasteiger partial charge < -0.3 is 16.1 Å². The summed E-state index contributed by atoms with van der Waals surface area (Å²) in [6, 6.07) is 3.91. The predicted octanol–water partition coefficient (Wildman–Crippen LogP) is 1.36. The molecule has 2 aromatic heterocycles. The number of anilines is 2. The zero-order valence-corrected chi connectivity index (χ0v) is 12.2. The molecule has 0 bridgehead atoms. The molecule has 0 saturated carbocycles. The molecule has 3 heterocycles. The maximum atomic E-state index is 6.01. The second-order valence-corrected chi connectivity index (χ2v) is 5.68. The minimum atomic E-state index is 0.567. The van der Waals surface area contributed by atoms with E-state index in [1.165, 1.54) is 11.5 Å². The Balaban J connectivity index is 1.81. The molecule has 0 atom stereocenters. The van der Waals surface area contributed by atoms with Crippen molar-refractivity contribution in [2.45, 2.75) is 0 Å². The van der Waals surface area contributed by atoms with Gasteiger partial charge in [0, 0.05) is 38.6 Å². The Kier molecular flexibility index (Phi) is 3.81. The molecule has 3 rings (SSSR count). The van der Waals surface area contributed by atoms with Crippen LogP contribution in [0.3, 0.4) is 0 Å². The van der Waals surface area contributed by atoms with Gasteiger partial charge in [-0.15, -0.1) is 0 Å². The van der Waals surface area contributed by atoms with E-state index in [4.69, 9.17) is 5.73 Å². The van der Waals surface area contributed by atoms with E-state index >= 15 is 0 Å². The van der Waals surface area contributed by atoms with Crippen LogP contribution in [0.1, 0.15) is 0 Å². The van der Waals surface area contributed by atoms with Gasteiger partial charge in [-0.25, -0.2) is 5.01 Å². The summed E-state index contributed by atoms with van der Waals surface area (Å²) in [6.07, 6.45) is 3.54. The Hall–Kier alpha value is -1.70. The lowest BCUT2D eigenvalue weighted by Gasteiger charge is -2.32. The number of aromatic nitrogens is 2. The van der Waals surface area contributed by atoms with E-state index in [0.717, 1.165) is 42.3 Å². The van der Waals surface area contributed by atoms with E-state index in [9.17, 15) is 0 Å². The molecule has 20 heavy (non-hydrogen) atoms. The van der Waals surface area contributed by atoms with Crippen LogP contribution in [-0.2, 0) is 0 Å². The Labute approximate surface area is 122 Å². The third-order valence-electron chi connectivity index (χ3n) is 3.45. The van der Waals surface area contributed by atoms with Crippen molar-refractivity contribution in [2.75, 3.05) is 44.4 Å². The Bertz CT molecular complexity index is 561. The molecule has 0 spiro atoms. The number of piperazine rings is 1. The van der Waals surface area contributed by atoms with Crippen molar-refractivity contribution in [2.24, 2.45) is 0 Å². The van der Waals surface area contributed by atoms with Crippen molar-refractivity contribution >= 4 is 22.4 Å². The van der Waals surface area contributed by atoms with Crippen LogP contribution < -0.4 is 11.2 Å². The average Bonchev–Trinajstić information content (AvgIpc) is 2.83. The lowest BCUT2D eigenvalue weighted by Crippen LogP contribution is -2.46. The normalized spacial score (nSPS) is 17.2. The van der Waals surface area contributed by atoms with Crippen LogP contribution in [0.25, 0.3) is 11.1 Å². The fourth-order valence-corrected chi connectivity index (χ4v) is 3.00. The fourth-order valence-electron chi connectivity index (χ4n) is 2.24. The van der Waals surface area contributed by atoms with Gasteiger partial charge in [-0.1, -0.05) is 0 Å². The van der Waals surface area contributed by atoms with E-state index in [0.29, 0.717) is 5.82 Å². The molecular weight excluding hydrogens is 272 g/mol. The third kappa shape index (κ3) is 2.74. The zero-order valence-electron chi connectivity index (χ0n) is 11.4. The number of rotatable bonds is 3. The highest BCUT2D eigenvalue weighted by atomic mass is 32.1. The summed E-state index contributed by atoms with van der Waals surface area (Å²) in [4.78, 5) is 6.37. The van der Waals surface area contributed by atoms with E-state index < -0.39 is 0 Å². The highest BCUT2D eigenvalue weighted by molar-refractivity contribution is 7.11. The number of pyridine rings is 1. The molecule has 1 aliphatic heterocycles. The first kappa shape index (κ1) is 13.3. The first-order chi connectivity index (χ1) is 9.74. The van der Waals surface area contributed by atoms with Crippen molar-refractivity contribution < 1.29 is 0 Å². The number of nitrogens with two attached hydrogens (primary N) is 1. The van der Waals surface area contributed by atoms with Crippen LogP contribution in [0.5, 0.6) is 0 Å². The average molecular weight is 290 g/mol. The van der Waals surface area contributed by atoms with Gasteiger partial charge in [0.1, 0.15) is 10.8 Å². The third-order valence-corrected chi connectivity index (χ3v) is 4.22. The number of hydrogen-bond donors (Lipinski definition) is 2. The summed E-state index contributed by atoms with van der Waals surface area (Å²) in [5, 5.41) is 3.22. The maximum Gasteiger partial charge on any atom is 0.147 e. The molecule has 0 amide bonds. The van der Waals surface area contributed by atoms with Gasteiger partial charge in [0.15, 0.2) is 0 Å². The highest BCUT2D eigenvalue weighted by Crippen LogP contribution is 2.36. The molecule has 3 N–H and O–H groups in total. The number of nitrogen functional groups attached to an aromatic ring is 1. The summed E-state index contributed by atoms with van der Waals surface area (Å²) >= 11 is 1.40. The largest absolute Gasteiger partial charge is 0.382 e. The predicted molar refractivity (Wildman–Crippen MR) is 82.5 cm³/mol. The standard InChI is InChI=1S/C13H18N6S/c1-18-6-8-19(9-7-18)16-13-11(12(14)17-20-13)10-2-4-15-5-3-10/h2-5,16H,6-9H2,1H3,(H2,14,17). The molecule has 0 aromatic carbocycles. The monoisotopic (exact) mass is 290 g/mol. The topological polar surface area (TPSA) is 70.3 Å². The molecule has 6 nitrogen and oxygen atoms in total. The van der Waals surface area contributed by atoms with Crippen LogP contribution in [0.2, 0.25) is 0 Å². The van der Waals surface area contributed by atoms with Crippen molar-refractivity contribution in [3.8, 4) is 11.1 Å². The van der Waals surface area contributed by atoms with Gasteiger partial charge in [0.25, 0.3) is 0 Å². The summed E-state index contributed by atoms with van der Waals surface area (Å²) in [5.41, 5.74) is 11.5. The van der Waals surface area contributed by atoms with Crippen LogP contribution in [0, 0.1) is 0 Å². The number of likely N-dealkylation sites (N-methyl/N-ethyl adjacent to an activating group) is 1. The first-order valence-corrected chi connectivity index (χ1v) is 7.37. The fraction of sp³-hybridized carbons (Fsp3) is 0.385. The van der Waals surface area contributed by atoms with Gasteiger partial charge in [-0.05, 0) is 36.3 Å². The Morgan fingerprint density at radius 3 is 2.60 bits per heavy atom. The summed E-state index contributed by atoms with van der Waals surface area (Å²) in [6.45, 7) is 4.10. The van der Waals surface area contributed by atoms with Gasteiger partial charge >= 0.3 is 0 Å². The van der Waals surface area contributed by atoms with Crippen LogP contribution in [-0.4, -0.2) is 52.5 Å². The molecule has 0 unspecified atom stereocenters. The molecule has 0 aliphatic carbocycles. The van der Waals surface area contributed by atoms with Crippen LogP contribution in [0.4, 0.5) is 10.8 Å². The Morgan fingerprint density at radius 2 is 1.90 bits per heavy atom. The van der Waals surface area contributed by atoms with Gasteiger partial charge in [0.05, 0.1) is 5.56 Å². The number of hydrazine groups is 1. The van der Waals surface area contributed by atoms with E-state index in [1.807, 2.05) is 12.1 Å². The van der Waals surface area contributed by atoms with Crippen molar-refractivity contribution in [3.05, 3.63) is 24.5 Å². The van der Waals surface area contributed by atoms with Gasteiger partial charge in [-0.2, -0.15) is 4.37 Å². The summed E-state index contributed by atoms with van der Waals surface area (Å²) in [7, 11) is 2.14. The van der Waals surface area contributed by atoms with E-state index in [-0.39, 0.29) is 0 Å². The zero-order chi connectivity index (χ0) is 13.9. The van der Waals surface area contributed by atoms with Gasteiger partial charge in [0.2, 0.25) is 0 Å². The highest BCUT2D eigenvalue weighted by Gasteiger charge is 2.18. The molecule has 1 aliphatic rings. The molecule has 0 radical (unpaired) electrons. The lowest BCUT2D eigenvalue weighted by atomic mass is 10.1. The molecule has 2 aromatic rings. The summed E-state index contributed by atoms with van der Waals surface area (Å²) < 4.78 is 4.27.